The fraction of sp³-hybridized carbons (Fsp3) is 0.100. The van der Waals surface area contributed by atoms with Crippen molar-refractivity contribution >= 4 is 0 Å². The molecule has 0 aromatic heterocycles. The molecule has 3 rings (SSSR count). The van der Waals surface area contributed by atoms with Crippen molar-refractivity contribution in [1.29, 1.82) is 0 Å². The molecule has 0 atom stereocenters. The summed E-state index contributed by atoms with van der Waals surface area (Å²) in [5, 5.41) is 0. The Morgan fingerprint density at radius 3 is 1.32 bits per heavy atom. The molecule has 0 fully saturated rings. The van der Waals surface area contributed by atoms with Crippen molar-refractivity contribution in [3.05, 3.63) is 107 Å². The number of benzene rings is 3. The highest BCUT2D eigenvalue weighted by molar-refractivity contribution is 5.32. The van der Waals surface area contributed by atoms with Gasteiger partial charge in [0.25, 0.3) is 0 Å². The molecule has 110 valence electrons. The summed E-state index contributed by atoms with van der Waals surface area (Å²) in [7, 11) is 0. The Balaban J connectivity index is 1.74. The molecule has 2 heteroatoms. The summed E-state index contributed by atoms with van der Waals surface area (Å²) >= 11 is 0. The van der Waals surface area contributed by atoms with Crippen molar-refractivity contribution in [1.82, 2.24) is 0 Å². The second-order valence-electron chi connectivity index (χ2n) is 5.43. The zero-order valence-corrected chi connectivity index (χ0v) is 12.1. The van der Waals surface area contributed by atoms with Gasteiger partial charge in [0.05, 0.1) is 0 Å². The van der Waals surface area contributed by atoms with E-state index in [2.05, 4.69) is 18.2 Å². The van der Waals surface area contributed by atoms with E-state index in [9.17, 15) is 8.78 Å². The lowest BCUT2D eigenvalue weighted by Gasteiger charge is -2.06. The predicted molar refractivity (Wildman–Crippen MR) is 84.9 cm³/mol. The fourth-order valence-corrected chi connectivity index (χ4v) is 2.53. The molecule has 0 bridgehead atoms. The van der Waals surface area contributed by atoms with Gasteiger partial charge in [-0.15, -0.1) is 0 Å². The van der Waals surface area contributed by atoms with Crippen LogP contribution in [-0.2, 0) is 12.8 Å². The first-order valence-corrected chi connectivity index (χ1v) is 7.26. The van der Waals surface area contributed by atoms with Gasteiger partial charge in [-0.3, -0.25) is 0 Å². The molecule has 0 aliphatic rings. The lowest BCUT2D eigenvalue weighted by atomic mass is 9.99. The van der Waals surface area contributed by atoms with Crippen LogP contribution < -0.4 is 0 Å². The van der Waals surface area contributed by atoms with Gasteiger partial charge in [0.2, 0.25) is 0 Å². The topological polar surface area (TPSA) is 0 Å². The van der Waals surface area contributed by atoms with Crippen molar-refractivity contribution in [2.24, 2.45) is 0 Å². The van der Waals surface area contributed by atoms with Gasteiger partial charge in [-0.05, 0) is 59.4 Å². The average molecular weight is 294 g/mol. The second-order valence-corrected chi connectivity index (χ2v) is 5.43. The Morgan fingerprint density at radius 1 is 0.500 bits per heavy atom. The van der Waals surface area contributed by atoms with Crippen LogP contribution in [0.2, 0.25) is 0 Å². The summed E-state index contributed by atoms with van der Waals surface area (Å²) in [6, 6.07) is 21.5. The lowest BCUT2D eigenvalue weighted by Crippen LogP contribution is -1.93. The molecule has 0 amide bonds. The normalized spacial score (nSPS) is 10.6. The fourth-order valence-electron chi connectivity index (χ4n) is 2.53. The standard InChI is InChI=1S/C20H16F2/c21-19-8-4-15(5-9-19)12-17-2-1-3-18(14-17)13-16-6-10-20(22)11-7-16/h1-11,14H,12-13H2. The Morgan fingerprint density at radius 2 is 0.909 bits per heavy atom. The Kier molecular flexibility index (Phi) is 4.29. The third-order valence-corrected chi connectivity index (χ3v) is 3.63. The summed E-state index contributed by atoms with van der Waals surface area (Å²) in [5.41, 5.74) is 4.54. The number of halogens is 2. The SMILES string of the molecule is Fc1ccc(Cc2cccc(Cc3ccc(F)cc3)c2)cc1. The first kappa shape index (κ1) is 14.5. The van der Waals surface area contributed by atoms with E-state index in [0.29, 0.717) is 0 Å². The van der Waals surface area contributed by atoms with E-state index in [1.54, 1.807) is 0 Å². The first-order valence-electron chi connectivity index (χ1n) is 7.26. The van der Waals surface area contributed by atoms with Gasteiger partial charge in [-0.25, -0.2) is 8.78 Å². The van der Waals surface area contributed by atoms with E-state index in [1.807, 2.05) is 30.3 Å². The molecule has 0 aliphatic heterocycles. The van der Waals surface area contributed by atoms with Gasteiger partial charge >= 0.3 is 0 Å². The van der Waals surface area contributed by atoms with Crippen molar-refractivity contribution < 1.29 is 8.78 Å². The predicted octanol–water partition coefficient (Wildman–Crippen LogP) is 5.15. The minimum absolute atomic E-state index is 0.214. The Labute approximate surface area is 129 Å². The van der Waals surface area contributed by atoms with Gasteiger partial charge in [0, 0.05) is 0 Å². The zero-order valence-electron chi connectivity index (χ0n) is 12.1. The maximum absolute atomic E-state index is 12.9. The molecule has 0 spiro atoms. The van der Waals surface area contributed by atoms with Crippen LogP contribution in [0.3, 0.4) is 0 Å². The smallest absolute Gasteiger partial charge is 0.123 e. The Hall–Kier alpha value is -2.48. The van der Waals surface area contributed by atoms with Gasteiger partial charge in [0.15, 0.2) is 0 Å². The van der Waals surface area contributed by atoms with Crippen LogP contribution in [-0.4, -0.2) is 0 Å². The zero-order chi connectivity index (χ0) is 15.4. The molecule has 0 heterocycles. The van der Waals surface area contributed by atoms with Crippen molar-refractivity contribution in [3.8, 4) is 0 Å². The van der Waals surface area contributed by atoms with E-state index in [-0.39, 0.29) is 11.6 Å². The highest BCUT2D eigenvalue weighted by Crippen LogP contribution is 2.15. The van der Waals surface area contributed by atoms with Crippen LogP contribution in [0.5, 0.6) is 0 Å². The monoisotopic (exact) mass is 294 g/mol. The second kappa shape index (κ2) is 6.52. The van der Waals surface area contributed by atoms with Gasteiger partial charge in [-0.1, -0.05) is 48.5 Å². The van der Waals surface area contributed by atoms with Crippen molar-refractivity contribution in [3.63, 3.8) is 0 Å². The van der Waals surface area contributed by atoms with E-state index in [1.165, 1.54) is 35.4 Å². The number of hydrogen-bond donors (Lipinski definition) is 0. The first-order chi connectivity index (χ1) is 10.7. The van der Waals surface area contributed by atoms with E-state index in [4.69, 9.17) is 0 Å². The van der Waals surface area contributed by atoms with Crippen molar-refractivity contribution in [2.75, 3.05) is 0 Å². The summed E-state index contributed by atoms with van der Waals surface area (Å²) in [6.45, 7) is 0. The van der Waals surface area contributed by atoms with Crippen LogP contribution in [0.4, 0.5) is 8.78 Å². The van der Waals surface area contributed by atoms with Crippen LogP contribution in [0.15, 0.2) is 72.8 Å². The summed E-state index contributed by atoms with van der Waals surface area (Å²) in [5.74, 6) is -0.428. The maximum atomic E-state index is 12.9. The molecular formula is C20H16F2. The molecule has 0 nitrogen and oxygen atoms in total. The molecule has 0 N–H and O–H groups in total. The average Bonchev–Trinajstić information content (AvgIpc) is 2.52. The number of hydrogen-bond acceptors (Lipinski definition) is 0. The van der Waals surface area contributed by atoms with Crippen LogP contribution in [0, 0.1) is 11.6 Å². The minimum Gasteiger partial charge on any atom is -0.207 e. The maximum Gasteiger partial charge on any atom is 0.123 e. The summed E-state index contributed by atoms with van der Waals surface area (Å²) < 4.78 is 25.9. The van der Waals surface area contributed by atoms with E-state index < -0.39 is 0 Å². The molecule has 0 radical (unpaired) electrons. The lowest BCUT2D eigenvalue weighted by molar-refractivity contribution is 0.627. The highest BCUT2D eigenvalue weighted by Gasteiger charge is 2.01. The van der Waals surface area contributed by atoms with Crippen LogP contribution in [0.1, 0.15) is 22.3 Å². The summed E-state index contributed by atoms with van der Waals surface area (Å²) in [6.07, 6.45) is 1.55. The number of rotatable bonds is 4. The third-order valence-electron chi connectivity index (χ3n) is 3.63. The molecule has 0 saturated heterocycles. The molecule has 0 aliphatic carbocycles. The molecule has 3 aromatic carbocycles. The van der Waals surface area contributed by atoms with Gasteiger partial charge in [0.1, 0.15) is 11.6 Å². The third kappa shape index (κ3) is 3.79. The van der Waals surface area contributed by atoms with Gasteiger partial charge < -0.3 is 0 Å². The molecular weight excluding hydrogens is 278 g/mol. The van der Waals surface area contributed by atoms with E-state index >= 15 is 0 Å². The van der Waals surface area contributed by atoms with Crippen molar-refractivity contribution in [2.45, 2.75) is 12.8 Å². The quantitative estimate of drug-likeness (QED) is 0.624. The molecule has 0 unspecified atom stereocenters. The minimum atomic E-state index is -0.214. The van der Waals surface area contributed by atoms with Crippen LogP contribution >= 0.6 is 0 Å². The van der Waals surface area contributed by atoms with Crippen LogP contribution in [0.25, 0.3) is 0 Å². The highest BCUT2D eigenvalue weighted by atomic mass is 19.1. The largest absolute Gasteiger partial charge is 0.207 e. The van der Waals surface area contributed by atoms with Gasteiger partial charge in [-0.2, -0.15) is 0 Å². The van der Waals surface area contributed by atoms with E-state index in [0.717, 1.165) is 24.0 Å². The Bertz CT molecular complexity index is 681. The molecule has 22 heavy (non-hydrogen) atoms. The molecule has 3 aromatic rings. The summed E-state index contributed by atoms with van der Waals surface area (Å²) in [4.78, 5) is 0. The molecule has 0 saturated carbocycles.